The summed E-state index contributed by atoms with van der Waals surface area (Å²) in [6.45, 7) is 4.02. The molecule has 0 aromatic carbocycles. The molecule has 4 fully saturated rings. The zero-order valence-corrected chi connectivity index (χ0v) is 17.8. The second-order valence-corrected chi connectivity index (χ2v) is 9.91. The second kappa shape index (κ2) is 8.42. The van der Waals surface area contributed by atoms with Gasteiger partial charge in [-0.2, -0.15) is 0 Å². The highest BCUT2D eigenvalue weighted by molar-refractivity contribution is 5.91. The fourth-order valence-corrected chi connectivity index (χ4v) is 6.70. The number of amides is 2. The van der Waals surface area contributed by atoms with Gasteiger partial charge in [0.15, 0.2) is 0 Å². The monoisotopic (exact) mass is 383 g/mol. The summed E-state index contributed by atoms with van der Waals surface area (Å²) in [5.74, 6) is 2.94. The quantitative estimate of drug-likeness (QED) is 0.537. The molecule has 0 atom stereocenters. The minimum absolute atomic E-state index is 0.133. The Balaban J connectivity index is 1.42. The topological polar surface area (TPSA) is 36.4 Å². The SMILES string of the molecule is CCCCCN(CCC12CC3CC(CC(C3)C1)C2)C(=O)N(C)c1cccnc1. The van der Waals surface area contributed by atoms with Crippen molar-refractivity contribution in [3.63, 3.8) is 0 Å². The van der Waals surface area contributed by atoms with Crippen LogP contribution in [0.1, 0.15) is 71.1 Å². The Kier molecular flexibility index (Phi) is 5.93. The van der Waals surface area contributed by atoms with Crippen molar-refractivity contribution in [2.45, 2.75) is 71.1 Å². The van der Waals surface area contributed by atoms with Gasteiger partial charge in [-0.3, -0.25) is 9.88 Å². The van der Waals surface area contributed by atoms with E-state index in [2.05, 4.69) is 16.8 Å². The molecule has 4 saturated carbocycles. The highest BCUT2D eigenvalue weighted by Gasteiger charge is 2.50. The zero-order chi connectivity index (χ0) is 19.6. The van der Waals surface area contributed by atoms with E-state index in [1.54, 1.807) is 17.3 Å². The van der Waals surface area contributed by atoms with Gasteiger partial charge in [-0.15, -0.1) is 0 Å². The maximum absolute atomic E-state index is 13.3. The first-order valence-electron chi connectivity index (χ1n) is 11.5. The van der Waals surface area contributed by atoms with Gasteiger partial charge >= 0.3 is 6.03 Å². The van der Waals surface area contributed by atoms with Gasteiger partial charge in [-0.25, -0.2) is 4.79 Å². The molecule has 0 unspecified atom stereocenters. The van der Waals surface area contributed by atoms with E-state index in [4.69, 9.17) is 0 Å². The van der Waals surface area contributed by atoms with E-state index in [9.17, 15) is 4.79 Å². The molecule has 5 rings (SSSR count). The van der Waals surface area contributed by atoms with Crippen LogP contribution in [-0.2, 0) is 0 Å². The van der Waals surface area contributed by atoms with E-state index in [1.165, 1.54) is 57.8 Å². The summed E-state index contributed by atoms with van der Waals surface area (Å²) in [5.41, 5.74) is 1.41. The number of carbonyl (C=O) groups excluding carboxylic acids is 1. The summed E-state index contributed by atoms with van der Waals surface area (Å²) in [6, 6.07) is 4.00. The minimum atomic E-state index is 0.133. The van der Waals surface area contributed by atoms with E-state index in [-0.39, 0.29) is 6.03 Å². The van der Waals surface area contributed by atoms with Crippen LogP contribution in [0.5, 0.6) is 0 Å². The molecule has 0 radical (unpaired) electrons. The van der Waals surface area contributed by atoms with Crippen molar-refractivity contribution in [3.8, 4) is 0 Å². The number of nitrogens with zero attached hydrogens (tertiary/aromatic N) is 3. The number of carbonyl (C=O) groups is 1. The summed E-state index contributed by atoms with van der Waals surface area (Å²) in [7, 11) is 1.89. The fourth-order valence-electron chi connectivity index (χ4n) is 6.70. The lowest BCUT2D eigenvalue weighted by Gasteiger charge is -2.57. The average molecular weight is 384 g/mol. The summed E-state index contributed by atoms with van der Waals surface area (Å²) in [4.78, 5) is 21.4. The van der Waals surface area contributed by atoms with Gasteiger partial charge in [0.1, 0.15) is 0 Å². The molecule has 1 aromatic heterocycles. The average Bonchev–Trinajstić information content (AvgIpc) is 2.69. The molecule has 1 aromatic rings. The van der Waals surface area contributed by atoms with Crippen LogP contribution in [0.15, 0.2) is 24.5 Å². The Hall–Kier alpha value is -1.58. The van der Waals surface area contributed by atoms with E-state index in [0.717, 1.165) is 43.0 Å². The number of aromatic nitrogens is 1. The second-order valence-electron chi connectivity index (χ2n) is 9.91. The summed E-state index contributed by atoms with van der Waals surface area (Å²) in [5, 5.41) is 0. The van der Waals surface area contributed by atoms with Crippen LogP contribution < -0.4 is 4.90 Å². The third-order valence-electron chi connectivity index (χ3n) is 7.70. The highest BCUT2D eigenvalue weighted by atomic mass is 16.2. The highest BCUT2D eigenvalue weighted by Crippen LogP contribution is 2.61. The van der Waals surface area contributed by atoms with E-state index in [1.807, 2.05) is 19.2 Å². The predicted octanol–water partition coefficient (Wildman–Crippen LogP) is 5.74. The van der Waals surface area contributed by atoms with Gasteiger partial charge in [0, 0.05) is 26.3 Å². The molecule has 154 valence electrons. The van der Waals surface area contributed by atoms with Gasteiger partial charge in [-0.1, -0.05) is 19.8 Å². The molecule has 0 saturated heterocycles. The lowest BCUT2D eigenvalue weighted by molar-refractivity contribution is -0.0595. The van der Waals surface area contributed by atoms with Crippen molar-refractivity contribution in [3.05, 3.63) is 24.5 Å². The Morgan fingerprint density at radius 2 is 1.79 bits per heavy atom. The molecule has 0 N–H and O–H groups in total. The number of hydrogen-bond acceptors (Lipinski definition) is 2. The lowest BCUT2D eigenvalue weighted by atomic mass is 9.49. The molecule has 28 heavy (non-hydrogen) atoms. The van der Waals surface area contributed by atoms with Crippen molar-refractivity contribution in [1.82, 2.24) is 9.88 Å². The zero-order valence-electron chi connectivity index (χ0n) is 17.8. The molecule has 4 aliphatic rings. The summed E-state index contributed by atoms with van der Waals surface area (Å²) < 4.78 is 0. The van der Waals surface area contributed by atoms with Gasteiger partial charge in [-0.05, 0) is 86.7 Å². The molecule has 4 heteroatoms. The minimum Gasteiger partial charge on any atom is -0.324 e. The maximum atomic E-state index is 13.3. The van der Waals surface area contributed by atoms with E-state index >= 15 is 0 Å². The first-order valence-corrected chi connectivity index (χ1v) is 11.5. The Morgan fingerprint density at radius 1 is 1.11 bits per heavy atom. The van der Waals surface area contributed by atoms with Gasteiger partial charge in [0.2, 0.25) is 0 Å². The third-order valence-corrected chi connectivity index (χ3v) is 7.70. The molecule has 4 nitrogen and oxygen atoms in total. The Bertz CT molecular complexity index is 624. The van der Waals surface area contributed by atoms with Crippen molar-refractivity contribution in [2.24, 2.45) is 23.2 Å². The normalized spacial score (nSPS) is 30.4. The number of hydrogen-bond donors (Lipinski definition) is 0. The van der Waals surface area contributed by atoms with Crippen LogP contribution >= 0.6 is 0 Å². The number of urea groups is 1. The van der Waals surface area contributed by atoms with Gasteiger partial charge < -0.3 is 4.90 Å². The standard InChI is InChI=1S/C24H37N3O/c1-3-4-5-10-27(23(28)26(2)22-7-6-9-25-18-22)11-8-24-15-19-12-20(16-24)14-21(13-19)17-24/h6-7,9,18-21H,3-5,8,10-17H2,1-2H3. The van der Waals surface area contributed by atoms with Gasteiger partial charge in [0.05, 0.1) is 11.9 Å². The van der Waals surface area contributed by atoms with Gasteiger partial charge in [0.25, 0.3) is 0 Å². The first-order chi connectivity index (χ1) is 13.6. The van der Waals surface area contributed by atoms with Crippen LogP contribution in [0.3, 0.4) is 0 Å². The number of pyridine rings is 1. The van der Waals surface area contributed by atoms with Crippen LogP contribution in [0.25, 0.3) is 0 Å². The molecule has 0 aliphatic heterocycles. The lowest BCUT2D eigenvalue weighted by Crippen LogP contribution is -2.49. The molecule has 0 spiro atoms. The van der Waals surface area contributed by atoms with Crippen molar-refractivity contribution in [2.75, 3.05) is 25.0 Å². The van der Waals surface area contributed by atoms with E-state index in [0.29, 0.717) is 5.41 Å². The largest absolute Gasteiger partial charge is 0.324 e. The Morgan fingerprint density at radius 3 is 2.36 bits per heavy atom. The molecular formula is C24H37N3O. The summed E-state index contributed by atoms with van der Waals surface area (Å²) >= 11 is 0. The predicted molar refractivity (Wildman–Crippen MR) is 114 cm³/mol. The third kappa shape index (κ3) is 4.21. The number of anilines is 1. The number of unbranched alkanes of at least 4 members (excludes halogenated alkanes) is 2. The van der Waals surface area contributed by atoms with Crippen LogP contribution in [0.2, 0.25) is 0 Å². The molecule has 1 heterocycles. The molecule has 2 amide bonds. The number of rotatable bonds is 8. The molecule has 4 bridgehead atoms. The molecular weight excluding hydrogens is 346 g/mol. The smallest absolute Gasteiger partial charge is 0.324 e. The van der Waals surface area contributed by atoms with Crippen molar-refractivity contribution in [1.29, 1.82) is 0 Å². The van der Waals surface area contributed by atoms with Crippen molar-refractivity contribution < 1.29 is 4.79 Å². The van der Waals surface area contributed by atoms with Crippen molar-refractivity contribution >= 4 is 11.7 Å². The van der Waals surface area contributed by atoms with E-state index < -0.39 is 0 Å². The Labute approximate surface area is 170 Å². The summed E-state index contributed by atoms with van der Waals surface area (Å²) in [6.07, 6.45) is 17.0. The fraction of sp³-hybridized carbons (Fsp3) is 0.750. The first kappa shape index (κ1) is 19.7. The van der Waals surface area contributed by atoms with Crippen LogP contribution in [0.4, 0.5) is 10.5 Å². The molecule has 4 aliphatic carbocycles. The maximum Gasteiger partial charge on any atom is 0.324 e. The van der Waals surface area contributed by atoms with Crippen LogP contribution in [-0.4, -0.2) is 36.1 Å². The van der Waals surface area contributed by atoms with Crippen LogP contribution in [0, 0.1) is 23.2 Å².